The van der Waals surface area contributed by atoms with Crippen LogP contribution in [0, 0.1) is 0 Å². The quantitative estimate of drug-likeness (QED) is 0.630. The highest BCUT2D eigenvalue weighted by Crippen LogP contribution is 2.20. The van der Waals surface area contributed by atoms with Crippen LogP contribution in [-0.4, -0.2) is 21.6 Å². The van der Waals surface area contributed by atoms with Crippen molar-refractivity contribution in [3.8, 4) is 0 Å². The van der Waals surface area contributed by atoms with Crippen LogP contribution >= 0.6 is 0 Å². The Morgan fingerprint density at radius 3 is 3.08 bits per heavy atom. The van der Waals surface area contributed by atoms with E-state index >= 15 is 0 Å². The molecule has 0 saturated heterocycles. The first-order valence-electron chi connectivity index (χ1n) is 4.22. The Hall–Kier alpha value is -1.36. The Kier molecular flexibility index (Phi) is 1.81. The van der Waals surface area contributed by atoms with E-state index in [2.05, 4.69) is 10.3 Å². The van der Waals surface area contributed by atoms with Crippen LogP contribution in [0.15, 0.2) is 17.2 Å². The van der Waals surface area contributed by atoms with E-state index in [1.807, 2.05) is 0 Å². The largest absolute Gasteiger partial charge is 0.361 e. The third kappa shape index (κ3) is 1.55. The number of rotatable bonds is 2. The molecule has 13 heavy (non-hydrogen) atoms. The monoisotopic (exact) mass is 180 g/mol. The Morgan fingerprint density at radius 1 is 1.77 bits per heavy atom. The molecule has 70 valence electrons. The van der Waals surface area contributed by atoms with E-state index in [4.69, 9.17) is 5.73 Å². The third-order valence-corrected chi connectivity index (χ3v) is 2.18. The summed E-state index contributed by atoms with van der Waals surface area (Å²) in [6.07, 6.45) is 4.14. The highest BCUT2D eigenvalue weighted by Gasteiger charge is 2.34. The molecule has 0 spiro atoms. The molecule has 1 aliphatic rings. The zero-order chi connectivity index (χ0) is 9.42. The fraction of sp³-hybridized carbons (Fsp3) is 0.500. The van der Waals surface area contributed by atoms with Crippen molar-refractivity contribution >= 4 is 5.82 Å². The molecule has 1 heterocycles. The molecule has 0 radical (unpaired) electrons. The number of anilines is 1. The summed E-state index contributed by atoms with van der Waals surface area (Å²) in [6, 6.07) is 0.398. The van der Waals surface area contributed by atoms with Gasteiger partial charge in [0.05, 0.1) is 0 Å². The van der Waals surface area contributed by atoms with Crippen LogP contribution in [0.25, 0.3) is 0 Å². The van der Waals surface area contributed by atoms with Crippen molar-refractivity contribution in [3.05, 3.63) is 22.7 Å². The van der Waals surface area contributed by atoms with Crippen molar-refractivity contribution in [1.29, 1.82) is 0 Å². The lowest BCUT2D eigenvalue weighted by atomic mass is 10.5. The fourth-order valence-electron chi connectivity index (χ4n) is 1.15. The number of aromatic nitrogens is 2. The molecule has 1 saturated carbocycles. The Morgan fingerprint density at radius 2 is 2.46 bits per heavy atom. The molecule has 1 fully saturated rings. The molecule has 1 aliphatic carbocycles. The fourth-order valence-corrected chi connectivity index (χ4v) is 1.15. The van der Waals surface area contributed by atoms with Crippen LogP contribution in [-0.2, 0) is 7.05 Å². The maximum Gasteiger partial charge on any atom is 0.293 e. The molecule has 1 aromatic heterocycles. The van der Waals surface area contributed by atoms with Gasteiger partial charge in [-0.1, -0.05) is 0 Å². The standard InChI is InChI=1S/C8H12N4O/c1-12-3-2-10-7(8(12)13)11-6-4-5(6)9/h2-3,5-6H,4,9H2,1H3,(H,10,11). The van der Waals surface area contributed by atoms with Crippen molar-refractivity contribution in [2.75, 3.05) is 5.32 Å². The molecule has 0 bridgehead atoms. The summed E-state index contributed by atoms with van der Waals surface area (Å²) in [5, 5.41) is 3.01. The lowest BCUT2D eigenvalue weighted by Crippen LogP contribution is -2.24. The number of nitrogens with one attached hydrogen (secondary N) is 1. The average Bonchev–Trinajstić information content (AvgIpc) is 2.77. The molecule has 2 atom stereocenters. The van der Waals surface area contributed by atoms with E-state index < -0.39 is 0 Å². The van der Waals surface area contributed by atoms with E-state index in [-0.39, 0.29) is 17.6 Å². The van der Waals surface area contributed by atoms with Gasteiger partial charge >= 0.3 is 0 Å². The molecular weight excluding hydrogens is 168 g/mol. The minimum Gasteiger partial charge on any atom is -0.361 e. The van der Waals surface area contributed by atoms with Gasteiger partial charge < -0.3 is 15.6 Å². The summed E-state index contributed by atoms with van der Waals surface area (Å²) in [5.41, 5.74) is 5.49. The van der Waals surface area contributed by atoms with Gasteiger partial charge in [0, 0.05) is 31.5 Å². The molecule has 3 N–H and O–H groups in total. The zero-order valence-electron chi connectivity index (χ0n) is 7.40. The van der Waals surface area contributed by atoms with Crippen LogP contribution in [0.1, 0.15) is 6.42 Å². The SMILES string of the molecule is Cn1ccnc(NC2CC2N)c1=O. The van der Waals surface area contributed by atoms with E-state index in [0.29, 0.717) is 5.82 Å². The van der Waals surface area contributed by atoms with E-state index in [9.17, 15) is 4.79 Å². The Labute approximate surface area is 75.6 Å². The smallest absolute Gasteiger partial charge is 0.293 e. The zero-order valence-corrected chi connectivity index (χ0v) is 7.40. The molecule has 2 rings (SSSR count). The lowest BCUT2D eigenvalue weighted by Gasteiger charge is -2.03. The van der Waals surface area contributed by atoms with Crippen LogP contribution in [0.5, 0.6) is 0 Å². The predicted molar refractivity (Wildman–Crippen MR) is 49.5 cm³/mol. The summed E-state index contributed by atoms with van der Waals surface area (Å²) in [5.74, 6) is 0.392. The second-order valence-corrected chi connectivity index (χ2v) is 3.34. The number of hydrogen-bond donors (Lipinski definition) is 2. The van der Waals surface area contributed by atoms with Gasteiger partial charge in [-0.2, -0.15) is 0 Å². The van der Waals surface area contributed by atoms with E-state index in [1.165, 1.54) is 4.57 Å². The van der Waals surface area contributed by atoms with E-state index in [1.54, 1.807) is 19.4 Å². The molecule has 5 nitrogen and oxygen atoms in total. The second kappa shape index (κ2) is 2.85. The maximum absolute atomic E-state index is 11.4. The van der Waals surface area contributed by atoms with Gasteiger partial charge in [-0.15, -0.1) is 0 Å². The van der Waals surface area contributed by atoms with Gasteiger partial charge in [0.15, 0.2) is 5.82 Å². The summed E-state index contributed by atoms with van der Waals surface area (Å²) >= 11 is 0. The number of hydrogen-bond acceptors (Lipinski definition) is 4. The lowest BCUT2D eigenvalue weighted by molar-refractivity contribution is 0.836. The first-order valence-corrected chi connectivity index (χ1v) is 4.22. The van der Waals surface area contributed by atoms with Gasteiger partial charge in [-0.05, 0) is 6.42 Å². The average molecular weight is 180 g/mol. The van der Waals surface area contributed by atoms with Gasteiger partial charge in [-0.25, -0.2) is 4.98 Å². The molecule has 0 aliphatic heterocycles. The van der Waals surface area contributed by atoms with Gasteiger partial charge in [0.25, 0.3) is 5.56 Å². The number of nitrogens with two attached hydrogens (primary N) is 1. The van der Waals surface area contributed by atoms with Crippen molar-refractivity contribution in [2.24, 2.45) is 12.8 Å². The van der Waals surface area contributed by atoms with Gasteiger partial charge in [-0.3, -0.25) is 4.79 Å². The minimum atomic E-state index is -0.110. The summed E-state index contributed by atoms with van der Waals surface area (Å²) in [6.45, 7) is 0. The molecular formula is C8H12N4O. The number of aryl methyl sites for hydroxylation is 1. The summed E-state index contributed by atoms with van der Waals surface area (Å²) in [7, 11) is 1.70. The summed E-state index contributed by atoms with van der Waals surface area (Å²) in [4.78, 5) is 15.4. The van der Waals surface area contributed by atoms with Crippen LogP contribution < -0.4 is 16.6 Å². The van der Waals surface area contributed by atoms with Crippen molar-refractivity contribution < 1.29 is 0 Å². The van der Waals surface area contributed by atoms with Gasteiger partial charge in [0.2, 0.25) is 0 Å². The second-order valence-electron chi connectivity index (χ2n) is 3.34. The molecule has 1 aromatic rings. The highest BCUT2D eigenvalue weighted by molar-refractivity contribution is 5.35. The third-order valence-electron chi connectivity index (χ3n) is 2.18. The van der Waals surface area contributed by atoms with Crippen molar-refractivity contribution in [3.63, 3.8) is 0 Å². The topological polar surface area (TPSA) is 72.9 Å². The molecule has 2 unspecified atom stereocenters. The van der Waals surface area contributed by atoms with Gasteiger partial charge in [0.1, 0.15) is 0 Å². The first kappa shape index (κ1) is 8.25. The normalized spacial score (nSPS) is 25.7. The first-order chi connectivity index (χ1) is 6.18. The Balaban J connectivity index is 2.21. The summed E-state index contributed by atoms with van der Waals surface area (Å²) < 4.78 is 1.49. The minimum absolute atomic E-state index is 0.110. The highest BCUT2D eigenvalue weighted by atomic mass is 16.1. The molecule has 0 aromatic carbocycles. The van der Waals surface area contributed by atoms with Crippen molar-refractivity contribution in [2.45, 2.75) is 18.5 Å². The van der Waals surface area contributed by atoms with Crippen LogP contribution in [0.3, 0.4) is 0 Å². The number of nitrogens with zero attached hydrogens (tertiary/aromatic N) is 2. The van der Waals surface area contributed by atoms with Crippen molar-refractivity contribution in [1.82, 2.24) is 9.55 Å². The molecule has 5 heteroatoms. The van der Waals surface area contributed by atoms with Crippen LogP contribution in [0.4, 0.5) is 5.82 Å². The molecule has 0 amide bonds. The van der Waals surface area contributed by atoms with Crippen LogP contribution in [0.2, 0.25) is 0 Å². The predicted octanol–water partition coefficient (Wildman–Crippen LogP) is -0.708. The maximum atomic E-state index is 11.4. The Bertz CT molecular complexity index is 373. The van der Waals surface area contributed by atoms with E-state index in [0.717, 1.165) is 6.42 Å².